The zero-order chi connectivity index (χ0) is 21.3. The highest BCUT2D eigenvalue weighted by molar-refractivity contribution is 6.08. The summed E-state index contributed by atoms with van der Waals surface area (Å²) in [7, 11) is 1.61. The Morgan fingerprint density at radius 2 is 1.97 bits per heavy atom. The second-order valence-corrected chi connectivity index (χ2v) is 7.17. The van der Waals surface area contributed by atoms with Crippen molar-refractivity contribution in [2.45, 2.75) is 26.4 Å². The van der Waals surface area contributed by atoms with Gasteiger partial charge in [0.25, 0.3) is 11.5 Å². The fourth-order valence-electron chi connectivity index (χ4n) is 3.77. The molecule has 2 heterocycles. The van der Waals surface area contributed by atoms with Crippen LogP contribution in [0.1, 0.15) is 35.8 Å². The maximum Gasteiger partial charge on any atom is 0.258 e. The first-order valence-corrected chi connectivity index (χ1v) is 9.88. The van der Waals surface area contributed by atoms with Gasteiger partial charge in [0.05, 0.1) is 24.9 Å². The van der Waals surface area contributed by atoms with Gasteiger partial charge in [0.15, 0.2) is 0 Å². The third kappa shape index (κ3) is 3.41. The van der Waals surface area contributed by atoms with Crippen LogP contribution in [0.25, 0.3) is 21.7 Å². The molecule has 1 atom stereocenters. The highest BCUT2D eigenvalue weighted by Crippen LogP contribution is 2.24. The molecule has 0 aliphatic carbocycles. The average molecular weight is 401 g/mol. The topological polar surface area (TPSA) is 73.2 Å². The normalized spacial score (nSPS) is 12.1. The van der Waals surface area contributed by atoms with Crippen LogP contribution in [0.5, 0.6) is 5.75 Å². The lowest BCUT2D eigenvalue weighted by molar-refractivity contribution is 0.0940. The van der Waals surface area contributed by atoms with Crippen LogP contribution in [0, 0.1) is 0 Å². The van der Waals surface area contributed by atoms with Crippen LogP contribution in [0.2, 0.25) is 0 Å². The number of ether oxygens (including phenoxy) is 1. The summed E-state index contributed by atoms with van der Waals surface area (Å²) in [6.07, 6.45) is 3.42. The number of benzene rings is 2. The summed E-state index contributed by atoms with van der Waals surface area (Å²) < 4.78 is 6.94. The minimum absolute atomic E-state index is 0.122. The molecule has 30 heavy (non-hydrogen) atoms. The summed E-state index contributed by atoms with van der Waals surface area (Å²) in [6.45, 7) is 4.37. The van der Waals surface area contributed by atoms with Crippen molar-refractivity contribution in [1.82, 2.24) is 14.9 Å². The zero-order valence-corrected chi connectivity index (χ0v) is 17.2. The van der Waals surface area contributed by atoms with Crippen LogP contribution in [-0.4, -0.2) is 22.6 Å². The second kappa shape index (κ2) is 7.99. The van der Waals surface area contributed by atoms with Crippen LogP contribution in [-0.2, 0) is 6.54 Å². The van der Waals surface area contributed by atoms with Gasteiger partial charge in [0.1, 0.15) is 5.75 Å². The lowest BCUT2D eigenvalue weighted by Crippen LogP contribution is -2.27. The van der Waals surface area contributed by atoms with Gasteiger partial charge in [-0.3, -0.25) is 14.6 Å². The van der Waals surface area contributed by atoms with Crippen LogP contribution in [0.4, 0.5) is 0 Å². The van der Waals surface area contributed by atoms with E-state index in [0.29, 0.717) is 17.5 Å². The zero-order valence-electron chi connectivity index (χ0n) is 17.2. The summed E-state index contributed by atoms with van der Waals surface area (Å²) in [5.74, 6) is 0.505. The van der Waals surface area contributed by atoms with E-state index in [2.05, 4.69) is 10.3 Å². The lowest BCUT2D eigenvalue weighted by Gasteiger charge is -2.16. The molecule has 1 N–H and O–H groups in total. The summed E-state index contributed by atoms with van der Waals surface area (Å²) in [5.41, 5.74) is 2.06. The Morgan fingerprint density at radius 3 is 2.73 bits per heavy atom. The van der Waals surface area contributed by atoms with Crippen molar-refractivity contribution in [3.05, 3.63) is 82.4 Å². The Labute approximate surface area is 174 Å². The monoisotopic (exact) mass is 401 g/mol. The number of carbonyl (C=O) groups is 1. The number of aryl methyl sites for hydroxylation is 1. The third-order valence-electron chi connectivity index (χ3n) is 5.40. The molecule has 6 heteroatoms. The molecular formula is C24H23N3O3. The van der Waals surface area contributed by atoms with Crippen molar-refractivity contribution in [3.8, 4) is 5.75 Å². The molecule has 0 saturated carbocycles. The number of hydrogen-bond acceptors (Lipinski definition) is 4. The number of aromatic nitrogens is 2. The molecular weight excluding hydrogens is 378 g/mol. The Morgan fingerprint density at radius 1 is 1.13 bits per heavy atom. The minimum Gasteiger partial charge on any atom is -0.497 e. The highest BCUT2D eigenvalue weighted by atomic mass is 16.5. The van der Waals surface area contributed by atoms with Gasteiger partial charge in [-0.2, -0.15) is 0 Å². The molecule has 0 fully saturated rings. The molecule has 0 radical (unpaired) electrons. The van der Waals surface area contributed by atoms with Gasteiger partial charge < -0.3 is 14.6 Å². The number of carbonyl (C=O) groups excluding carboxylic acids is 1. The maximum atomic E-state index is 13.1. The van der Waals surface area contributed by atoms with Gasteiger partial charge in [0.2, 0.25) is 0 Å². The van der Waals surface area contributed by atoms with E-state index in [-0.39, 0.29) is 17.5 Å². The SMILES string of the molecule is CCn1c(=O)c2cc(C(=O)N[C@H](C)c3cccc(OC)c3)ccc2c2ccncc21. The van der Waals surface area contributed by atoms with Gasteiger partial charge >= 0.3 is 0 Å². The van der Waals surface area contributed by atoms with E-state index in [1.54, 1.807) is 36.2 Å². The number of amides is 1. The number of nitrogens with zero attached hydrogens (tertiary/aromatic N) is 2. The molecule has 0 aliphatic heterocycles. The predicted octanol–water partition coefficient (Wildman–Crippen LogP) is 4.07. The molecule has 0 bridgehead atoms. The van der Waals surface area contributed by atoms with E-state index in [1.807, 2.05) is 50.2 Å². The summed E-state index contributed by atoms with van der Waals surface area (Å²) in [6, 6.07) is 14.5. The third-order valence-corrected chi connectivity index (χ3v) is 5.40. The number of pyridine rings is 2. The Hall–Kier alpha value is -3.67. The molecule has 0 aliphatic rings. The molecule has 4 aromatic rings. The predicted molar refractivity (Wildman–Crippen MR) is 118 cm³/mol. The smallest absolute Gasteiger partial charge is 0.258 e. The van der Waals surface area contributed by atoms with Crippen molar-refractivity contribution < 1.29 is 9.53 Å². The van der Waals surface area contributed by atoms with Gasteiger partial charge in [-0.1, -0.05) is 18.2 Å². The number of hydrogen-bond donors (Lipinski definition) is 1. The van der Waals surface area contributed by atoms with E-state index in [1.165, 1.54) is 0 Å². The first-order chi connectivity index (χ1) is 14.5. The molecule has 0 saturated heterocycles. The van der Waals surface area contributed by atoms with Gasteiger partial charge in [-0.25, -0.2) is 0 Å². The van der Waals surface area contributed by atoms with Crippen molar-refractivity contribution >= 4 is 27.6 Å². The number of fused-ring (bicyclic) bond motifs is 3. The first kappa shape index (κ1) is 19.6. The maximum absolute atomic E-state index is 13.1. The van der Waals surface area contributed by atoms with Crippen LogP contribution >= 0.6 is 0 Å². The van der Waals surface area contributed by atoms with Crippen molar-refractivity contribution in [2.75, 3.05) is 7.11 Å². The van der Waals surface area contributed by atoms with E-state index in [9.17, 15) is 9.59 Å². The largest absolute Gasteiger partial charge is 0.497 e. The van der Waals surface area contributed by atoms with E-state index < -0.39 is 0 Å². The van der Waals surface area contributed by atoms with Crippen molar-refractivity contribution in [1.29, 1.82) is 0 Å². The standard InChI is InChI=1S/C24H23N3O3/c1-4-27-22-14-25-11-10-20(22)19-9-8-17(13-21(19)24(27)29)23(28)26-15(2)16-6-5-7-18(12-16)30-3/h5-15H,4H2,1-3H3,(H,26,28)/t15-/m1/s1. The fraction of sp³-hybridized carbons (Fsp3) is 0.208. The molecule has 0 unspecified atom stereocenters. The Bertz CT molecular complexity index is 1310. The highest BCUT2D eigenvalue weighted by Gasteiger charge is 2.15. The summed E-state index contributed by atoms with van der Waals surface area (Å²) in [5, 5.41) is 5.29. The van der Waals surface area contributed by atoms with Gasteiger partial charge in [0, 0.05) is 29.1 Å². The molecule has 0 spiro atoms. The molecule has 2 aromatic heterocycles. The van der Waals surface area contributed by atoms with Gasteiger partial charge in [-0.05, 0) is 55.1 Å². The minimum atomic E-state index is -0.232. The quantitative estimate of drug-likeness (QED) is 0.512. The number of rotatable bonds is 5. The number of methoxy groups -OCH3 is 1. The van der Waals surface area contributed by atoms with Crippen LogP contribution in [0.15, 0.2) is 65.7 Å². The van der Waals surface area contributed by atoms with Crippen molar-refractivity contribution in [2.24, 2.45) is 0 Å². The first-order valence-electron chi connectivity index (χ1n) is 9.88. The lowest BCUT2D eigenvalue weighted by atomic mass is 10.0. The van der Waals surface area contributed by atoms with Crippen LogP contribution < -0.4 is 15.6 Å². The molecule has 152 valence electrons. The molecule has 4 rings (SSSR count). The summed E-state index contributed by atoms with van der Waals surface area (Å²) in [4.78, 5) is 30.1. The van der Waals surface area contributed by atoms with E-state index in [4.69, 9.17) is 4.74 Å². The summed E-state index contributed by atoms with van der Waals surface area (Å²) >= 11 is 0. The second-order valence-electron chi connectivity index (χ2n) is 7.17. The van der Waals surface area contributed by atoms with E-state index in [0.717, 1.165) is 27.6 Å². The molecule has 2 aromatic carbocycles. The van der Waals surface area contributed by atoms with Crippen molar-refractivity contribution in [3.63, 3.8) is 0 Å². The van der Waals surface area contributed by atoms with Crippen LogP contribution in [0.3, 0.4) is 0 Å². The van der Waals surface area contributed by atoms with E-state index >= 15 is 0 Å². The molecule has 6 nitrogen and oxygen atoms in total. The Kier molecular flexibility index (Phi) is 5.23. The molecule has 1 amide bonds. The fourth-order valence-corrected chi connectivity index (χ4v) is 3.77. The van der Waals surface area contributed by atoms with Gasteiger partial charge in [-0.15, -0.1) is 0 Å². The Balaban J connectivity index is 1.72. The number of nitrogens with one attached hydrogen (secondary N) is 1. The average Bonchev–Trinajstić information content (AvgIpc) is 2.79.